The molecule has 0 saturated heterocycles. The van der Waals surface area contributed by atoms with Crippen LogP contribution < -0.4 is 8.61 Å². The quantitative estimate of drug-likeness (QED) is 0.237. The Morgan fingerprint density at radius 3 is 1.75 bits per heavy atom. The molecule has 44 heavy (non-hydrogen) atoms. The number of carbonyl (C=O) groups is 1. The Morgan fingerprint density at radius 1 is 0.750 bits per heavy atom. The lowest BCUT2D eigenvalue weighted by Gasteiger charge is -2.28. The third-order valence-corrected chi connectivity index (χ3v) is 9.56. The minimum atomic E-state index is -5.22. The van der Waals surface area contributed by atoms with Crippen molar-refractivity contribution in [3.05, 3.63) is 90.4 Å². The van der Waals surface area contributed by atoms with Gasteiger partial charge in [0.05, 0.1) is 27.2 Å². The van der Waals surface area contributed by atoms with Crippen LogP contribution in [-0.2, 0) is 31.0 Å². The van der Waals surface area contributed by atoms with E-state index < -0.39 is 84.1 Å². The summed E-state index contributed by atoms with van der Waals surface area (Å²) >= 11 is 0. The molecule has 0 radical (unpaired) electrons. The van der Waals surface area contributed by atoms with Gasteiger partial charge in [-0.3, -0.25) is 9.10 Å². The van der Waals surface area contributed by atoms with Crippen molar-refractivity contribution in [1.82, 2.24) is 4.98 Å². The number of pyridine rings is 1. The first-order valence-corrected chi connectivity index (χ1v) is 14.8. The van der Waals surface area contributed by atoms with Crippen LogP contribution in [-0.4, -0.2) is 52.2 Å². The predicted molar refractivity (Wildman–Crippen MR) is 142 cm³/mol. The summed E-state index contributed by atoms with van der Waals surface area (Å²) in [6.45, 7) is -3.40. The number of aliphatic carboxylic acids is 1. The fourth-order valence-electron chi connectivity index (χ4n) is 4.10. The van der Waals surface area contributed by atoms with Gasteiger partial charge in [-0.15, -0.1) is 0 Å². The molecule has 1 heterocycles. The Morgan fingerprint density at radius 2 is 1.25 bits per heavy atom. The molecule has 0 amide bonds. The molecule has 0 fully saturated rings. The molecule has 9 nitrogen and oxygen atoms in total. The number of benzene rings is 3. The number of hydrogen-bond donors (Lipinski definition) is 1. The molecule has 0 atom stereocenters. The van der Waals surface area contributed by atoms with Crippen molar-refractivity contribution >= 4 is 48.3 Å². The highest BCUT2D eigenvalue weighted by molar-refractivity contribution is 7.93. The van der Waals surface area contributed by atoms with Gasteiger partial charge in [0.25, 0.3) is 20.0 Å². The van der Waals surface area contributed by atoms with Gasteiger partial charge in [0.1, 0.15) is 18.9 Å². The molecular weight excluding hydrogens is 647 g/mol. The van der Waals surface area contributed by atoms with Gasteiger partial charge in [-0.25, -0.2) is 30.5 Å². The zero-order chi connectivity index (χ0) is 32.7. The Labute approximate surface area is 244 Å². The number of halogens is 7. The lowest BCUT2D eigenvalue weighted by Crippen LogP contribution is -2.40. The standard InChI is InChI=1S/C26H18F7N3O6S2/c27-17-7-11-19(12-8-17)43(39,40)35(14-23(37)38)24-21-4-2-1-3-20(21)22(13-34-24)36(15-25(28,29)30)44(41,42)18-9-5-16(6-10-18)26(31,32)33/h1-13H,14-15H2,(H,37,38). The zero-order valence-corrected chi connectivity index (χ0v) is 23.3. The summed E-state index contributed by atoms with van der Waals surface area (Å²) < 4.78 is 148. The van der Waals surface area contributed by atoms with Crippen LogP contribution in [0.3, 0.4) is 0 Å². The Hall–Kier alpha value is -4.45. The third-order valence-electron chi connectivity index (χ3n) is 6.03. The molecule has 0 aliphatic heterocycles. The summed E-state index contributed by atoms with van der Waals surface area (Å²) in [5.74, 6) is -3.09. The van der Waals surface area contributed by atoms with E-state index in [4.69, 9.17) is 0 Å². The summed E-state index contributed by atoms with van der Waals surface area (Å²) in [6, 6.07) is 9.81. The van der Waals surface area contributed by atoms with E-state index in [9.17, 15) is 57.5 Å². The van der Waals surface area contributed by atoms with Gasteiger partial charge in [-0.1, -0.05) is 24.3 Å². The molecule has 0 unspecified atom stereocenters. The first kappa shape index (κ1) is 32.5. The van der Waals surface area contributed by atoms with Crippen LogP contribution in [0, 0.1) is 5.82 Å². The SMILES string of the molecule is O=C(O)CN(c1ncc(N(CC(F)(F)F)S(=O)(=O)c2ccc(C(F)(F)F)cc2)c2ccccc12)S(=O)(=O)c1ccc(F)cc1. The van der Waals surface area contributed by atoms with Gasteiger partial charge in [0.2, 0.25) is 0 Å². The fourth-order valence-corrected chi connectivity index (χ4v) is 6.94. The van der Waals surface area contributed by atoms with Gasteiger partial charge in [0, 0.05) is 10.8 Å². The molecular formula is C26H18F7N3O6S2. The monoisotopic (exact) mass is 665 g/mol. The molecule has 1 aromatic heterocycles. The molecule has 234 valence electrons. The fraction of sp³-hybridized carbons (Fsp3) is 0.154. The van der Waals surface area contributed by atoms with Crippen LogP contribution in [0.4, 0.5) is 42.2 Å². The smallest absolute Gasteiger partial charge is 0.416 e. The minimum absolute atomic E-state index is 0.148. The molecule has 3 aromatic carbocycles. The minimum Gasteiger partial charge on any atom is -0.480 e. The lowest BCUT2D eigenvalue weighted by atomic mass is 10.1. The summed E-state index contributed by atoms with van der Waals surface area (Å²) in [5, 5.41) is 8.84. The van der Waals surface area contributed by atoms with E-state index in [0.29, 0.717) is 34.8 Å². The van der Waals surface area contributed by atoms with Crippen molar-refractivity contribution in [3.63, 3.8) is 0 Å². The Kier molecular flexibility index (Phi) is 8.53. The number of sulfonamides is 2. The number of rotatable bonds is 9. The number of hydrogen-bond acceptors (Lipinski definition) is 6. The van der Waals surface area contributed by atoms with Crippen LogP contribution in [0.1, 0.15) is 5.56 Å². The number of anilines is 2. The van der Waals surface area contributed by atoms with Crippen molar-refractivity contribution in [1.29, 1.82) is 0 Å². The van der Waals surface area contributed by atoms with Gasteiger partial charge >= 0.3 is 18.3 Å². The van der Waals surface area contributed by atoms with Crippen molar-refractivity contribution < 1.29 is 57.5 Å². The average molecular weight is 666 g/mol. The van der Waals surface area contributed by atoms with Crippen LogP contribution in [0.15, 0.2) is 88.8 Å². The first-order chi connectivity index (χ1) is 20.3. The molecule has 0 saturated carbocycles. The van der Waals surface area contributed by atoms with Gasteiger partial charge < -0.3 is 5.11 Å². The Bertz CT molecular complexity index is 1920. The molecule has 4 rings (SSSR count). The number of nitrogens with zero attached hydrogens (tertiary/aromatic N) is 3. The number of carboxylic acid groups (broad SMARTS) is 1. The molecule has 1 N–H and O–H groups in total. The largest absolute Gasteiger partial charge is 0.480 e. The van der Waals surface area contributed by atoms with Gasteiger partial charge in [0.15, 0.2) is 5.82 Å². The van der Waals surface area contributed by atoms with Crippen molar-refractivity contribution in [3.8, 4) is 0 Å². The number of aromatic nitrogens is 1. The second kappa shape index (κ2) is 11.6. The highest BCUT2D eigenvalue weighted by Crippen LogP contribution is 2.38. The van der Waals surface area contributed by atoms with Crippen molar-refractivity contribution in [2.45, 2.75) is 22.1 Å². The summed E-state index contributed by atoms with van der Waals surface area (Å²) in [7, 11) is -10.0. The number of alkyl halides is 6. The molecule has 4 aromatic rings. The molecule has 0 aliphatic carbocycles. The average Bonchev–Trinajstić information content (AvgIpc) is 2.93. The van der Waals surface area contributed by atoms with E-state index in [1.165, 1.54) is 12.1 Å². The highest BCUT2D eigenvalue weighted by Gasteiger charge is 2.40. The van der Waals surface area contributed by atoms with E-state index in [-0.39, 0.29) is 15.1 Å². The maximum absolute atomic E-state index is 13.7. The summed E-state index contributed by atoms with van der Waals surface area (Å²) in [5.41, 5.74) is -1.99. The van der Waals surface area contributed by atoms with E-state index >= 15 is 0 Å². The lowest BCUT2D eigenvalue weighted by molar-refractivity contribution is -0.137. The van der Waals surface area contributed by atoms with Crippen LogP contribution in [0.2, 0.25) is 0 Å². The van der Waals surface area contributed by atoms with Crippen LogP contribution >= 0.6 is 0 Å². The number of fused-ring (bicyclic) bond motifs is 1. The van der Waals surface area contributed by atoms with Gasteiger partial charge in [-0.05, 0) is 48.5 Å². The van der Waals surface area contributed by atoms with E-state index in [0.717, 1.165) is 36.4 Å². The topological polar surface area (TPSA) is 125 Å². The van der Waals surface area contributed by atoms with Crippen molar-refractivity contribution in [2.24, 2.45) is 0 Å². The Balaban J connectivity index is 1.94. The van der Waals surface area contributed by atoms with E-state index in [2.05, 4.69) is 4.98 Å². The summed E-state index contributed by atoms with van der Waals surface area (Å²) in [4.78, 5) is 14.1. The van der Waals surface area contributed by atoms with Crippen molar-refractivity contribution in [2.75, 3.05) is 21.7 Å². The second-order valence-electron chi connectivity index (χ2n) is 9.02. The molecule has 0 aliphatic rings. The second-order valence-corrected chi connectivity index (χ2v) is 12.7. The molecule has 18 heteroatoms. The third kappa shape index (κ3) is 6.70. The number of carboxylic acids is 1. The normalized spacial score (nSPS) is 12.7. The van der Waals surface area contributed by atoms with Crippen LogP contribution in [0.25, 0.3) is 10.8 Å². The molecule has 0 spiro atoms. The molecule has 0 bridgehead atoms. The maximum atomic E-state index is 13.7. The van der Waals surface area contributed by atoms with E-state index in [1.807, 2.05) is 0 Å². The zero-order valence-electron chi connectivity index (χ0n) is 21.7. The van der Waals surface area contributed by atoms with E-state index in [1.54, 1.807) is 0 Å². The van der Waals surface area contributed by atoms with Gasteiger partial charge in [-0.2, -0.15) is 26.3 Å². The maximum Gasteiger partial charge on any atom is 0.416 e. The van der Waals surface area contributed by atoms with Crippen LogP contribution in [0.5, 0.6) is 0 Å². The summed E-state index contributed by atoms with van der Waals surface area (Å²) in [6.07, 6.45) is -9.47. The highest BCUT2D eigenvalue weighted by atomic mass is 32.2. The first-order valence-electron chi connectivity index (χ1n) is 12.0. The predicted octanol–water partition coefficient (Wildman–Crippen LogP) is 5.43.